The molecule has 1 N–H and O–H groups in total. The minimum Gasteiger partial charge on any atom is -0.333 e. The van der Waals surface area contributed by atoms with E-state index in [1.54, 1.807) is 11.3 Å². The van der Waals surface area contributed by atoms with Gasteiger partial charge in [-0.3, -0.25) is 0 Å². The van der Waals surface area contributed by atoms with Crippen LogP contribution in [-0.2, 0) is 13.1 Å². The van der Waals surface area contributed by atoms with E-state index in [1.807, 2.05) is 24.1 Å². The molecule has 1 aliphatic carbocycles. The molecule has 0 saturated heterocycles. The summed E-state index contributed by atoms with van der Waals surface area (Å²) in [6, 6.07) is 0.740. The Hall–Kier alpha value is -1.20. The molecule has 4 nitrogen and oxygen atoms in total. The first-order valence-corrected chi connectivity index (χ1v) is 7.32. The highest BCUT2D eigenvalue weighted by atomic mass is 32.1. The van der Waals surface area contributed by atoms with Gasteiger partial charge < -0.3 is 9.88 Å². The van der Waals surface area contributed by atoms with Gasteiger partial charge in [0.25, 0.3) is 0 Å². The van der Waals surface area contributed by atoms with Crippen molar-refractivity contribution in [2.45, 2.75) is 44.8 Å². The molecule has 1 fully saturated rings. The molecule has 0 spiro atoms. The fraction of sp³-hybridized carbons (Fsp3) is 0.538. The Bertz CT molecular complexity index is 487. The van der Waals surface area contributed by atoms with Crippen LogP contribution in [0.15, 0.2) is 24.1 Å². The fourth-order valence-corrected chi connectivity index (χ4v) is 2.74. The number of thiazole rings is 1. The number of nitrogens with zero attached hydrogens (tertiary/aromatic N) is 3. The monoisotopic (exact) mass is 262 g/mol. The molecule has 0 amide bonds. The van der Waals surface area contributed by atoms with Gasteiger partial charge in [0.05, 0.1) is 17.0 Å². The quantitative estimate of drug-likeness (QED) is 0.869. The zero-order valence-electron chi connectivity index (χ0n) is 10.5. The summed E-state index contributed by atoms with van der Waals surface area (Å²) in [5, 5.41) is 6.77. The molecule has 0 radical (unpaired) electrons. The van der Waals surface area contributed by atoms with Crippen molar-refractivity contribution < 1.29 is 0 Å². The third kappa shape index (κ3) is 2.79. The highest BCUT2D eigenvalue weighted by Crippen LogP contribution is 2.21. The van der Waals surface area contributed by atoms with Crippen LogP contribution < -0.4 is 5.32 Å². The summed E-state index contributed by atoms with van der Waals surface area (Å²) < 4.78 is 2.24. The maximum atomic E-state index is 4.38. The summed E-state index contributed by atoms with van der Waals surface area (Å²) in [6.07, 6.45) is 8.41. The Kier molecular flexibility index (Phi) is 3.43. The van der Waals surface area contributed by atoms with Gasteiger partial charge in [-0.05, 0) is 12.8 Å². The molecule has 96 valence electrons. The van der Waals surface area contributed by atoms with E-state index < -0.39 is 0 Å². The van der Waals surface area contributed by atoms with Crippen LogP contribution in [0.1, 0.15) is 36.4 Å². The first kappa shape index (κ1) is 11.9. The van der Waals surface area contributed by atoms with E-state index in [-0.39, 0.29) is 0 Å². The lowest BCUT2D eigenvalue weighted by Gasteiger charge is -2.13. The Labute approximate surface area is 111 Å². The van der Waals surface area contributed by atoms with Crippen LogP contribution in [0, 0.1) is 0 Å². The second-order valence-electron chi connectivity index (χ2n) is 4.96. The van der Waals surface area contributed by atoms with Crippen molar-refractivity contribution in [2.24, 2.45) is 0 Å². The molecule has 2 aromatic heterocycles. The SMILES string of the molecule is CC(Cn1cncc1CNC1CC1)c1nccs1. The summed E-state index contributed by atoms with van der Waals surface area (Å²) >= 11 is 1.73. The van der Waals surface area contributed by atoms with Crippen molar-refractivity contribution in [3.8, 4) is 0 Å². The third-order valence-corrected chi connectivity index (χ3v) is 4.30. The molecule has 3 rings (SSSR count). The fourth-order valence-electron chi connectivity index (χ4n) is 2.05. The Balaban J connectivity index is 1.62. The standard InChI is InChI=1S/C13H18N4S/c1-10(13-15-4-5-18-13)8-17-9-14-6-12(17)7-16-11-2-3-11/h4-6,9-11,16H,2-3,7-8H2,1H3. The maximum Gasteiger partial charge on any atom is 0.0970 e. The highest BCUT2D eigenvalue weighted by Gasteiger charge is 2.20. The van der Waals surface area contributed by atoms with Gasteiger partial charge in [0, 0.05) is 42.8 Å². The molecule has 1 saturated carbocycles. The van der Waals surface area contributed by atoms with Crippen LogP contribution in [0.25, 0.3) is 0 Å². The van der Waals surface area contributed by atoms with E-state index in [4.69, 9.17) is 0 Å². The zero-order valence-corrected chi connectivity index (χ0v) is 11.4. The van der Waals surface area contributed by atoms with E-state index >= 15 is 0 Å². The summed E-state index contributed by atoms with van der Waals surface area (Å²) in [6.45, 7) is 4.10. The predicted molar refractivity (Wildman–Crippen MR) is 72.6 cm³/mol. The summed E-state index contributed by atoms with van der Waals surface area (Å²) in [4.78, 5) is 8.64. The number of imidazole rings is 1. The second-order valence-corrected chi connectivity index (χ2v) is 5.89. The van der Waals surface area contributed by atoms with Crippen molar-refractivity contribution in [1.29, 1.82) is 0 Å². The van der Waals surface area contributed by atoms with E-state index in [0.29, 0.717) is 5.92 Å². The van der Waals surface area contributed by atoms with Crippen molar-refractivity contribution in [2.75, 3.05) is 0 Å². The van der Waals surface area contributed by atoms with Crippen LogP contribution in [0.3, 0.4) is 0 Å². The van der Waals surface area contributed by atoms with Gasteiger partial charge in [-0.1, -0.05) is 6.92 Å². The second kappa shape index (κ2) is 5.20. The summed E-state index contributed by atoms with van der Waals surface area (Å²) in [5.41, 5.74) is 1.27. The Morgan fingerprint density at radius 1 is 1.56 bits per heavy atom. The topological polar surface area (TPSA) is 42.7 Å². The minimum atomic E-state index is 0.443. The van der Waals surface area contributed by atoms with Crippen LogP contribution in [0.5, 0.6) is 0 Å². The van der Waals surface area contributed by atoms with E-state index in [1.165, 1.54) is 23.5 Å². The first-order valence-electron chi connectivity index (χ1n) is 6.44. The predicted octanol–water partition coefficient (Wildman–Crippen LogP) is 2.40. The molecule has 1 atom stereocenters. The number of hydrogen-bond acceptors (Lipinski definition) is 4. The van der Waals surface area contributed by atoms with Gasteiger partial charge in [-0.15, -0.1) is 11.3 Å². The Morgan fingerprint density at radius 2 is 2.44 bits per heavy atom. The lowest BCUT2D eigenvalue weighted by Crippen LogP contribution is -2.19. The van der Waals surface area contributed by atoms with Crippen molar-refractivity contribution in [3.63, 3.8) is 0 Å². The number of rotatable bonds is 6. The minimum absolute atomic E-state index is 0.443. The molecule has 0 bridgehead atoms. The van der Waals surface area contributed by atoms with Crippen LogP contribution in [0.2, 0.25) is 0 Å². The van der Waals surface area contributed by atoms with Crippen molar-refractivity contribution in [3.05, 3.63) is 34.8 Å². The molecule has 2 aromatic rings. The average Bonchev–Trinajstić information content (AvgIpc) is 2.88. The molecule has 0 aliphatic heterocycles. The number of aromatic nitrogens is 3. The van der Waals surface area contributed by atoms with Crippen molar-refractivity contribution in [1.82, 2.24) is 19.9 Å². The summed E-state index contributed by atoms with van der Waals surface area (Å²) in [7, 11) is 0. The largest absolute Gasteiger partial charge is 0.333 e. The van der Waals surface area contributed by atoms with Gasteiger partial charge in [-0.2, -0.15) is 0 Å². The normalized spacial score (nSPS) is 16.9. The first-order chi connectivity index (χ1) is 8.83. The van der Waals surface area contributed by atoms with Gasteiger partial charge >= 0.3 is 0 Å². The van der Waals surface area contributed by atoms with Gasteiger partial charge in [0.1, 0.15) is 0 Å². The van der Waals surface area contributed by atoms with Crippen molar-refractivity contribution >= 4 is 11.3 Å². The molecule has 5 heteroatoms. The van der Waals surface area contributed by atoms with Gasteiger partial charge in [0.15, 0.2) is 0 Å². The molecule has 1 unspecified atom stereocenters. The van der Waals surface area contributed by atoms with Gasteiger partial charge in [-0.25, -0.2) is 9.97 Å². The van der Waals surface area contributed by atoms with E-state index in [2.05, 4.69) is 26.8 Å². The lowest BCUT2D eigenvalue weighted by molar-refractivity contribution is 0.554. The van der Waals surface area contributed by atoms with Crippen LogP contribution in [0.4, 0.5) is 0 Å². The third-order valence-electron chi connectivity index (χ3n) is 3.29. The molecular weight excluding hydrogens is 244 g/mol. The summed E-state index contributed by atoms with van der Waals surface area (Å²) in [5.74, 6) is 0.443. The molecule has 2 heterocycles. The molecular formula is C13H18N4S. The van der Waals surface area contributed by atoms with Gasteiger partial charge in [0.2, 0.25) is 0 Å². The highest BCUT2D eigenvalue weighted by molar-refractivity contribution is 7.09. The zero-order chi connectivity index (χ0) is 12.4. The molecule has 0 aromatic carbocycles. The van der Waals surface area contributed by atoms with E-state index in [0.717, 1.165) is 19.1 Å². The van der Waals surface area contributed by atoms with Crippen LogP contribution >= 0.6 is 11.3 Å². The molecule has 18 heavy (non-hydrogen) atoms. The molecule has 1 aliphatic rings. The van der Waals surface area contributed by atoms with Crippen LogP contribution in [-0.4, -0.2) is 20.6 Å². The number of nitrogens with one attached hydrogen (secondary N) is 1. The number of hydrogen-bond donors (Lipinski definition) is 1. The lowest BCUT2D eigenvalue weighted by atomic mass is 10.2. The smallest absolute Gasteiger partial charge is 0.0970 e. The maximum absolute atomic E-state index is 4.38. The van der Waals surface area contributed by atoms with E-state index in [9.17, 15) is 0 Å². The average molecular weight is 262 g/mol. The Morgan fingerprint density at radius 3 is 3.17 bits per heavy atom.